The van der Waals surface area contributed by atoms with Gasteiger partial charge in [-0.2, -0.15) is 0 Å². The minimum atomic E-state index is 0.147. The maximum atomic E-state index is 5.75. The van der Waals surface area contributed by atoms with Crippen LogP contribution in [0.15, 0.2) is 54.6 Å². The molecule has 0 spiro atoms. The van der Waals surface area contributed by atoms with Gasteiger partial charge < -0.3 is 4.74 Å². The van der Waals surface area contributed by atoms with Gasteiger partial charge in [0.05, 0.1) is 6.61 Å². The van der Waals surface area contributed by atoms with Gasteiger partial charge in [-0.3, -0.25) is 0 Å². The second-order valence-corrected chi connectivity index (χ2v) is 4.89. The summed E-state index contributed by atoms with van der Waals surface area (Å²) in [5.41, 5.74) is 6.97. The van der Waals surface area contributed by atoms with E-state index in [1.54, 1.807) is 0 Å². The first-order valence-electron chi connectivity index (χ1n) is 6.42. The second kappa shape index (κ2) is 3.82. The highest BCUT2D eigenvalue weighted by Gasteiger charge is 2.24. The van der Waals surface area contributed by atoms with Gasteiger partial charge in [-0.05, 0) is 34.2 Å². The molecule has 0 aromatic heterocycles. The normalized spacial score (nSPS) is 19.9. The fourth-order valence-corrected chi connectivity index (χ4v) is 3.04. The van der Waals surface area contributed by atoms with Crippen LogP contribution >= 0.6 is 0 Å². The Morgan fingerprint density at radius 1 is 0.944 bits per heavy atom. The van der Waals surface area contributed by atoms with Crippen LogP contribution in [0, 0.1) is 0 Å². The molecular weight excluding hydrogens is 220 g/mol. The van der Waals surface area contributed by atoms with E-state index in [1.165, 1.54) is 27.8 Å². The zero-order chi connectivity index (χ0) is 11.9. The average molecular weight is 234 g/mol. The van der Waals surface area contributed by atoms with E-state index in [-0.39, 0.29) is 6.10 Å². The van der Waals surface area contributed by atoms with E-state index in [2.05, 4.69) is 54.6 Å². The van der Waals surface area contributed by atoms with Crippen LogP contribution in [0.3, 0.4) is 0 Å². The molecule has 88 valence electrons. The second-order valence-electron chi connectivity index (χ2n) is 4.89. The van der Waals surface area contributed by atoms with Crippen molar-refractivity contribution in [1.82, 2.24) is 0 Å². The summed E-state index contributed by atoms with van der Waals surface area (Å²) in [4.78, 5) is 0. The quantitative estimate of drug-likeness (QED) is 0.580. The maximum absolute atomic E-state index is 5.75. The van der Waals surface area contributed by atoms with E-state index in [1.807, 2.05) is 0 Å². The van der Waals surface area contributed by atoms with Crippen molar-refractivity contribution in [3.8, 4) is 11.1 Å². The molecule has 0 amide bonds. The van der Waals surface area contributed by atoms with Crippen LogP contribution in [0.5, 0.6) is 0 Å². The summed E-state index contributed by atoms with van der Waals surface area (Å²) in [7, 11) is 0. The van der Waals surface area contributed by atoms with Gasteiger partial charge in [0.2, 0.25) is 0 Å². The Labute approximate surface area is 107 Å². The van der Waals surface area contributed by atoms with Gasteiger partial charge in [0.15, 0.2) is 0 Å². The van der Waals surface area contributed by atoms with E-state index < -0.39 is 0 Å². The zero-order valence-corrected chi connectivity index (χ0v) is 10.1. The summed E-state index contributed by atoms with van der Waals surface area (Å²) >= 11 is 0. The third kappa shape index (κ3) is 1.37. The number of rotatable bonds is 1. The van der Waals surface area contributed by atoms with Crippen molar-refractivity contribution in [3.05, 3.63) is 71.3 Å². The van der Waals surface area contributed by atoms with Crippen molar-refractivity contribution in [2.75, 3.05) is 6.61 Å². The molecule has 1 aliphatic heterocycles. The summed E-state index contributed by atoms with van der Waals surface area (Å²) in [6.45, 7) is 0.737. The van der Waals surface area contributed by atoms with Crippen LogP contribution in [-0.2, 0) is 11.2 Å². The molecule has 0 fully saturated rings. The van der Waals surface area contributed by atoms with Gasteiger partial charge in [0.25, 0.3) is 0 Å². The topological polar surface area (TPSA) is 9.23 Å². The van der Waals surface area contributed by atoms with E-state index in [4.69, 9.17) is 4.74 Å². The van der Waals surface area contributed by atoms with Crippen LogP contribution in [0.1, 0.15) is 22.8 Å². The van der Waals surface area contributed by atoms with Crippen molar-refractivity contribution in [1.29, 1.82) is 0 Å². The molecule has 0 bridgehead atoms. The van der Waals surface area contributed by atoms with Crippen LogP contribution < -0.4 is 0 Å². The predicted molar refractivity (Wildman–Crippen MR) is 72.5 cm³/mol. The Balaban J connectivity index is 1.89. The molecule has 1 nitrogen and oxygen atoms in total. The average Bonchev–Trinajstić information content (AvgIpc) is 3.05. The number of ether oxygens (including phenoxy) is 1. The van der Waals surface area contributed by atoms with Crippen molar-refractivity contribution in [2.45, 2.75) is 12.5 Å². The van der Waals surface area contributed by atoms with Crippen molar-refractivity contribution < 1.29 is 4.74 Å². The van der Waals surface area contributed by atoms with Gasteiger partial charge in [-0.15, -0.1) is 0 Å². The first-order valence-corrected chi connectivity index (χ1v) is 6.42. The van der Waals surface area contributed by atoms with E-state index in [9.17, 15) is 0 Å². The number of benzene rings is 2. The van der Waals surface area contributed by atoms with Gasteiger partial charge >= 0.3 is 0 Å². The van der Waals surface area contributed by atoms with E-state index in [0.717, 1.165) is 13.0 Å². The van der Waals surface area contributed by atoms with Crippen molar-refractivity contribution >= 4 is 0 Å². The molecule has 1 unspecified atom stereocenters. The molecule has 0 N–H and O–H groups in total. The number of fused-ring (bicyclic) bond motifs is 3. The summed E-state index contributed by atoms with van der Waals surface area (Å²) in [5, 5.41) is 0. The van der Waals surface area contributed by atoms with E-state index in [0.29, 0.717) is 0 Å². The molecule has 1 heteroatoms. The first-order chi connectivity index (χ1) is 8.93. The fraction of sp³-hybridized carbons (Fsp3) is 0.176. The van der Waals surface area contributed by atoms with Gasteiger partial charge in [0.1, 0.15) is 6.10 Å². The Morgan fingerprint density at radius 3 is 2.72 bits per heavy atom. The predicted octanol–water partition coefficient (Wildman–Crippen LogP) is 3.89. The van der Waals surface area contributed by atoms with Crippen LogP contribution in [0.25, 0.3) is 11.1 Å². The van der Waals surface area contributed by atoms with Crippen LogP contribution in [0.2, 0.25) is 0 Å². The SMILES string of the molecule is C1=CC(c2cccc3c2Cc2ccccc2-3)OC1. The Bertz CT molecular complexity index is 640. The lowest BCUT2D eigenvalue weighted by molar-refractivity contribution is 0.129. The summed E-state index contributed by atoms with van der Waals surface area (Å²) in [6.07, 6.45) is 5.45. The van der Waals surface area contributed by atoms with Gasteiger partial charge in [-0.1, -0.05) is 54.6 Å². The Hall–Kier alpha value is -1.86. The van der Waals surface area contributed by atoms with Gasteiger partial charge in [-0.25, -0.2) is 0 Å². The van der Waals surface area contributed by atoms with Crippen molar-refractivity contribution in [3.63, 3.8) is 0 Å². The lowest BCUT2D eigenvalue weighted by Crippen LogP contribution is -2.00. The lowest BCUT2D eigenvalue weighted by atomic mass is 9.97. The minimum absolute atomic E-state index is 0.147. The molecule has 18 heavy (non-hydrogen) atoms. The largest absolute Gasteiger partial charge is 0.365 e. The maximum Gasteiger partial charge on any atom is 0.101 e. The molecule has 2 aromatic rings. The van der Waals surface area contributed by atoms with Crippen LogP contribution in [0.4, 0.5) is 0 Å². The fourth-order valence-electron chi connectivity index (χ4n) is 3.04. The van der Waals surface area contributed by atoms with Crippen molar-refractivity contribution in [2.24, 2.45) is 0 Å². The third-order valence-corrected chi connectivity index (χ3v) is 3.88. The summed E-state index contributed by atoms with van der Waals surface area (Å²) in [5.74, 6) is 0. The summed E-state index contributed by atoms with van der Waals surface area (Å²) < 4.78 is 5.75. The van der Waals surface area contributed by atoms with Crippen LogP contribution in [-0.4, -0.2) is 6.61 Å². The molecule has 1 aliphatic carbocycles. The monoisotopic (exact) mass is 234 g/mol. The highest BCUT2D eigenvalue weighted by molar-refractivity contribution is 5.78. The smallest absolute Gasteiger partial charge is 0.101 e. The Morgan fingerprint density at radius 2 is 1.83 bits per heavy atom. The first kappa shape index (κ1) is 10.1. The molecule has 1 heterocycles. The molecule has 0 radical (unpaired) electrons. The number of hydrogen-bond donors (Lipinski definition) is 0. The molecule has 1 atom stereocenters. The molecule has 0 saturated heterocycles. The Kier molecular flexibility index (Phi) is 2.14. The molecule has 4 rings (SSSR count). The lowest BCUT2D eigenvalue weighted by Gasteiger charge is -2.13. The summed E-state index contributed by atoms with van der Waals surface area (Å²) in [6, 6.07) is 15.3. The standard InChI is InChI=1S/C17H14O/c1-2-6-13-12(5-1)11-16-14(13)7-3-8-15(16)17-9-4-10-18-17/h1-9,17H,10-11H2. The molecular formula is C17H14O. The zero-order valence-electron chi connectivity index (χ0n) is 10.1. The molecule has 0 saturated carbocycles. The highest BCUT2D eigenvalue weighted by Crippen LogP contribution is 2.41. The molecule has 2 aliphatic rings. The number of hydrogen-bond acceptors (Lipinski definition) is 1. The minimum Gasteiger partial charge on any atom is -0.365 e. The molecule has 2 aromatic carbocycles. The highest BCUT2D eigenvalue weighted by atomic mass is 16.5. The third-order valence-electron chi connectivity index (χ3n) is 3.88. The van der Waals surface area contributed by atoms with Gasteiger partial charge in [0, 0.05) is 0 Å². The van der Waals surface area contributed by atoms with E-state index >= 15 is 0 Å².